The summed E-state index contributed by atoms with van der Waals surface area (Å²) in [5.74, 6) is 0.344. The lowest BCUT2D eigenvalue weighted by Crippen LogP contribution is -2.22. The molecule has 0 aliphatic carbocycles. The maximum atomic E-state index is 12.8. The number of carbonyl (C=O) groups excluding carboxylic acids is 1. The predicted molar refractivity (Wildman–Crippen MR) is 122 cm³/mol. The fourth-order valence-electron chi connectivity index (χ4n) is 3.72. The number of benzene rings is 2. The number of alkyl halides is 3. The highest BCUT2D eigenvalue weighted by Crippen LogP contribution is 2.31. The van der Waals surface area contributed by atoms with Crippen molar-refractivity contribution in [3.63, 3.8) is 0 Å². The molecule has 0 radical (unpaired) electrons. The molecule has 0 unspecified atom stereocenters. The van der Waals surface area contributed by atoms with Gasteiger partial charge in [0, 0.05) is 30.6 Å². The van der Waals surface area contributed by atoms with Crippen LogP contribution < -0.4 is 4.74 Å². The van der Waals surface area contributed by atoms with Crippen molar-refractivity contribution >= 4 is 17.3 Å². The topological polar surface area (TPSA) is 57.7 Å². The first kappa shape index (κ1) is 24.2. The van der Waals surface area contributed by atoms with Crippen LogP contribution in [0.15, 0.2) is 47.8 Å². The van der Waals surface area contributed by atoms with Gasteiger partial charge >= 0.3 is 12.1 Å². The molecule has 1 aliphatic rings. The Hall–Kier alpha value is -2.91. The second kappa shape index (κ2) is 10.6. The largest absolute Gasteiger partial charge is 0.492 e. The zero-order valence-corrected chi connectivity index (χ0v) is 19.4. The Balaban J connectivity index is 1.48. The summed E-state index contributed by atoms with van der Waals surface area (Å²) in [6.45, 7) is 1.94. The zero-order chi connectivity index (χ0) is 24.1. The van der Waals surface area contributed by atoms with E-state index >= 15 is 0 Å². The van der Waals surface area contributed by atoms with Gasteiger partial charge in [0.25, 0.3) is 0 Å². The van der Waals surface area contributed by atoms with E-state index in [9.17, 15) is 18.0 Å². The van der Waals surface area contributed by atoms with Crippen molar-refractivity contribution < 1.29 is 32.2 Å². The molecule has 4 rings (SSSR count). The van der Waals surface area contributed by atoms with Crippen LogP contribution >= 0.6 is 11.3 Å². The van der Waals surface area contributed by atoms with E-state index in [0.717, 1.165) is 54.3 Å². The number of methoxy groups -OCH3 is 1. The molecule has 0 N–H and O–H groups in total. The number of halogens is 3. The molecule has 1 aromatic heterocycles. The molecule has 0 amide bonds. The third kappa shape index (κ3) is 5.95. The van der Waals surface area contributed by atoms with Crippen molar-refractivity contribution in [2.24, 2.45) is 5.92 Å². The molecular weight excluding hydrogens is 467 g/mol. The monoisotopic (exact) mass is 491 g/mol. The van der Waals surface area contributed by atoms with E-state index in [-0.39, 0.29) is 0 Å². The fraction of sp³-hybridized carbons (Fsp3) is 0.360. The number of thiazole rings is 1. The van der Waals surface area contributed by atoms with E-state index in [1.165, 1.54) is 30.6 Å². The van der Waals surface area contributed by atoms with E-state index in [0.29, 0.717) is 36.0 Å². The van der Waals surface area contributed by atoms with Gasteiger partial charge in [0.2, 0.25) is 0 Å². The number of carbonyl (C=O) groups is 1. The van der Waals surface area contributed by atoms with E-state index in [4.69, 9.17) is 14.2 Å². The molecule has 1 fully saturated rings. The Morgan fingerprint density at radius 3 is 2.56 bits per heavy atom. The Bertz CT molecular complexity index is 1120. The first-order valence-electron chi connectivity index (χ1n) is 10.9. The smallest absolute Gasteiger partial charge is 0.416 e. The van der Waals surface area contributed by atoms with Crippen LogP contribution in [0.1, 0.15) is 39.3 Å². The van der Waals surface area contributed by atoms with Crippen LogP contribution in [0.4, 0.5) is 13.2 Å². The van der Waals surface area contributed by atoms with Gasteiger partial charge in [-0.3, -0.25) is 0 Å². The average molecular weight is 492 g/mol. The zero-order valence-electron chi connectivity index (χ0n) is 18.6. The van der Waals surface area contributed by atoms with Crippen molar-refractivity contribution in [3.8, 4) is 17.0 Å². The molecule has 0 bridgehead atoms. The van der Waals surface area contributed by atoms with Gasteiger partial charge in [-0.15, -0.1) is 11.3 Å². The molecule has 2 heterocycles. The minimum atomic E-state index is -4.36. The molecule has 5 nitrogen and oxygen atoms in total. The highest BCUT2D eigenvalue weighted by Gasteiger charge is 2.30. The molecule has 9 heteroatoms. The van der Waals surface area contributed by atoms with E-state index in [2.05, 4.69) is 4.98 Å². The Morgan fingerprint density at radius 2 is 1.88 bits per heavy atom. The number of nitrogens with zero attached hydrogens (tertiary/aromatic N) is 1. The Labute approximate surface area is 199 Å². The van der Waals surface area contributed by atoms with Crippen LogP contribution in [0, 0.1) is 5.92 Å². The number of aromatic nitrogens is 1. The standard InChI is InChI=1S/C25H24F3NO4S/c1-31-24(30)20-13-18(4-7-22(20)33-14-17-8-10-32-11-9-17)21-15-34-23(29-21)12-16-2-5-19(6-3-16)25(26,27)28/h2-7,13,15,17H,8-12,14H2,1H3. The summed E-state index contributed by atoms with van der Waals surface area (Å²) in [4.78, 5) is 17.0. The number of hydrogen-bond acceptors (Lipinski definition) is 6. The summed E-state index contributed by atoms with van der Waals surface area (Å²) in [7, 11) is 1.32. The van der Waals surface area contributed by atoms with Crippen LogP contribution in [0.5, 0.6) is 5.75 Å². The second-order valence-corrected chi connectivity index (χ2v) is 9.01. The van der Waals surface area contributed by atoms with E-state index in [1.807, 2.05) is 11.4 Å². The molecule has 3 aromatic rings. The third-order valence-electron chi connectivity index (χ3n) is 5.68. The first-order chi connectivity index (χ1) is 16.3. The summed E-state index contributed by atoms with van der Waals surface area (Å²) < 4.78 is 54.6. The predicted octanol–water partition coefficient (Wildman–Crippen LogP) is 6.01. The molecule has 2 aromatic carbocycles. The first-order valence-corrected chi connectivity index (χ1v) is 11.8. The van der Waals surface area contributed by atoms with Gasteiger partial charge in [-0.2, -0.15) is 13.2 Å². The molecule has 1 aliphatic heterocycles. The summed E-state index contributed by atoms with van der Waals surface area (Å²) in [6, 6.07) is 10.4. The quantitative estimate of drug-likeness (QED) is 0.379. The summed E-state index contributed by atoms with van der Waals surface area (Å²) in [5.41, 5.74) is 1.79. The van der Waals surface area contributed by atoms with Gasteiger partial charge in [-0.05, 0) is 54.7 Å². The number of hydrogen-bond donors (Lipinski definition) is 0. The van der Waals surface area contributed by atoms with E-state index in [1.54, 1.807) is 12.1 Å². The molecule has 34 heavy (non-hydrogen) atoms. The highest BCUT2D eigenvalue weighted by atomic mass is 32.1. The molecule has 180 valence electrons. The summed E-state index contributed by atoms with van der Waals surface area (Å²) >= 11 is 1.41. The van der Waals surface area contributed by atoms with Crippen molar-refractivity contribution in [2.45, 2.75) is 25.4 Å². The number of ether oxygens (including phenoxy) is 3. The normalized spacial score (nSPS) is 14.7. The van der Waals surface area contributed by atoms with Crippen LogP contribution in [0.2, 0.25) is 0 Å². The second-order valence-electron chi connectivity index (χ2n) is 8.07. The lowest BCUT2D eigenvalue weighted by atomic mass is 10.0. The Kier molecular flexibility index (Phi) is 7.53. The average Bonchev–Trinajstić information content (AvgIpc) is 3.31. The lowest BCUT2D eigenvalue weighted by Gasteiger charge is -2.22. The number of esters is 1. The Morgan fingerprint density at radius 1 is 1.15 bits per heavy atom. The minimum absolute atomic E-state index is 0.323. The maximum Gasteiger partial charge on any atom is 0.416 e. The molecule has 0 saturated carbocycles. The van der Waals surface area contributed by atoms with Crippen LogP contribution in [-0.4, -0.2) is 37.9 Å². The molecule has 0 atom stereocenters. The third-order valence-corrected chi connectivity index (χ3v) is 6.53. The van der Waals surface area contributed by atoms with Crippen LogP contribution in [-0.2, 0) is 22.1 Å². The van der Waals surface area contributed by atoms with Gasteiger partial charge in [-0.1, -0.05) is 12.1 Å². The maximum absolute atomic E-state index is 12.8. The van der Waals surface area contributed by atoms with Crippen LogP contribution in [0.3, 0.4) is 0 Å². The highest BCUT2D eigenvalue weighted by molar-refractivity contribution is 7.10. The van der Waals surface area contributed by atoms with Gasteiger partial charge in [0.1, 0.15) is 11.3 Å². The van der Waals surface area contributed by atoms with Crippen LogP contribution in [0.25, 0.3) is 11.3 Å². The molecule has 1 saturated heterocycles. The number of rotatable bonds is 7. The van der Waals surface area contributed by atoms with Crippen molar-refractivity contribution in [3.05, 3.63) is 69.5 Å². The fourth-order valence-corrected chi connectivity index (χ4v) is 4.55. The van der Waals surface area contributed by atoms with Crippen molar-refractivity contribution in [2.75, 3.05) is 26.9 Å². The lowest BCUT2D eigenvalue weighted by molar-refractivity contribution is -0.137. The van der Waals surface area contributed by atoms with E-state index < -0.39 is 17.7 Å². The molecular formula is C25H24F3NO4S. The molecule has 0 spiro atoms. The SMILES string of the molecule is COC(=O)c1cc(-c2csc(Cc3ccc(C(F)(F)F)cc3)n2)ccc1OCC1CCOCC1. The minimum Gasteiger partial charge on any atom is -0.492 e. The summed E-state index contributed by atoms with van der Waals surface area (Å²) in [5, 5.41) is 2.62. The van der Waals surface area contributed by atoms with Gasteiger partial charge in [0.15, 0.2) is 0 Å². The van der Waals surface area contributed by atoms with Crippen molar-refractivity contribution in [1.82, 2.24) is 4.98 Å². The van der Waals surface area contributed by atoms with Gasteiger partial charge in [-0.25, -0.2) is 9.78 Å². The van der Waals surface area contributed by atoms with Gasteiger partial charge < -0.3 is 14.2 Å². The van der Waals surface area contributed by atoms with Gasteiger partial charge in [0.05, 0.1) is 30.0 Å². The van der Waals surface area contributed by atoms with Crippen molar-refractivity contribution in [1.29, 1.82) is 0 Å². The summed E-state index contributed by atoms with van der Waals surface area (Å²) in [6.07, 6.45) is -2.10.